The van der Waals surface area contributed by atoms with E-state index in [1.54, 1.807) is 13.8 Å². The van der Waals surface area contributed by atoms with E-state index in [0.717, 1.165) is 0 Å². The Morgan fingerprint density at radius 2 is 1.18 bits per heavy atom. The number of aliphatic hydroxyl groups is 2. The van der Waals surface area contributed by atoms with Crippen LogP contribution in [0.3, 0.4) is 0 Å². The second-order valence-electron chi connectivity index (χ2n) is 4.37. The van der Waals surface area contributed by atoms with Crippen molar-refractivity contribution in [2.45, 2.75) is 46.8 Å². The van der Waals surface area contributed by atoms with E-state index >= 15 is 0 Å². The topological polar surface area (TPSA) is 40.5 Å². The van der Waals surface area contributed by atoms with Crippen molar-refractivity contribution in [2.24, 2.45) is 11.3 Å². The van der Waals surface area contributed by atoms with Crippen molar-refractivity contribution < 1.29 is 10.2 Å². The lowest BCUT2D eigenvalue weighted by atomic mass is 9.75. The predicted molar refractivity (Wildman–Crippen MR) is 46.3 cm³/mol. The maximum Gasteiger partial charge on any atom is 0.0569 e. The molecule has 0 amide bonds. The SMILES string of the molecule is CC(O)C(C(C)O)C(C)(C)C. The highest BCUT2D eigenvalue weighted by atomic mass is 16.3. The summed E-state index contributed by atoms with van der Waals surface area (Å²) >= 11 is 0. The maximum atomic E-state index is 9.36. The summed E-state index contributed by atoms with van der Waals surface area (Å²) in [4.78, 5) is 0. The molecule has 0 saturated carbocycles. The third-order valence-electron chi connectivity index (χ3n) is 2.04. The van der Waals surface area contributed by atoms with Crippen LogP contribution < -0.4 is 0 Å². The van der Waals surface area contributed by atoms with Crippen molar-refractivity contribution in [2.75, 3.05) is 0 Å². The van der Waals surface area contributed by atoms with Crippen LogP contribution in [0, 0.1) is 11.3 Å². The third kappa shape index (κ3) is 3.21. The minimum Gasteiger partial charge on any atom is -0.393 e. The summed E-state index contributed by atoms with van der Waals surface area (Å²) in [6, 6.07) is 0. The van der Waals surface area contributed by atoms with Crippen molar-refractivity contribution in [3.05, 3.63) is 0 Å². The summed E-state index contributed by atoms with van der Waals surface area (Å²) in [5, 5.41) is 18.7. The zero-order chi connectivity index (χ0) is 9.23. The van der Waals surface area contributed by atoms with E-state index in [4.69, 9.17) is 0 Å². The quantitative estimate of drug-likeness (QED) is 0.641. The fourth-order valence-electron chi connectivity index (χ4n) is 1.85. The first-order valence-electron chi connectivity index (χ1n) is 4.13. The molecule has 2 nitrogen and oxygen atoms in total. The number of aliphatic hydroxyl groups excluding tert-OH is 2. The summed E-state index contributed by atoms with van der Waals surface area (Å²) in [7, 11) is 0. The molecule has 0 aromatic heterocycles. The first-order valence-corrected chi connectivity index (χ1v) is 4.13. The Hall–Kier alpha value is -0.0800. The molecule has 0 aromatic rings. The summed E-state index contributed by atoms with van der Waals surface area (Å²) in [6.45, 7) is 9.52. The molecule has 0 rings (SSSR count). The van der Waals surface area contributed by atoms with Crippen molar-refractivity contribution in [3.8, 4) is 0 Å². The van der Waals surface area contributed by atoms with Gasteiger partial charge in [0.05, 0.1) is 12.2 Å². The summed E-state index contributed by atoms with van der Waals surface area (Å²) in [5.74, 6) is -0.0532. The molecule has 2 heteroatoms. The molecule has 2 atom stereocenters. The molecule has 0 fully saturated rings. The highest BCUT2D eigenvalue weighted by Gasteiger charge is 2.32. The van der Waals surface area contributed by atoms with Gasteiger partial charge in [-0.05, 0) is 19.3 Å². The number of hydrogen-bond donors (Lipinski definition) is 2. The van der Waals surface area contributed by atoms with E-state index in [9.17, 15) is 10.2 Å². The molecule has 0 saturated heterocycles. The standard InChI is InChI=1S/C9H20O2/c1-6(10)8(7(2)11)9(3,4)5/h6-8,10-11H,1-5H3. The van der Waals surface area contributed by atoms with Crippen LogP contribution in [0.5, 0.6) is 0 Å². The Bertz CT molecular complexity index is 103. The van der Waals surface area contributed by atoms with Crippen molar-refractivity contribution in [3.63, 3.8) is 0 Å². The summed E-state index contributed by atoms with van der Waals surface area (Å²) < 4.78 is 0. The van der Waals surface area contributed by atoms with Gasteiger partial charge in [-0.3, -0.25) is 0 Å². The monoisotopic (exact) mass is 160 g/mol. The Labute approximate surface area is 69.2 Å². The largest absolute Gasteiger partial charge is 0.393 e. The van der Waals surface area contributed by atoms with Crippen molar-refractivity contribution >= 4 is 0 Å². The van der Waals surface area contributed by atoms with Gasteiger partial charge in [0.25, 0.3) is 0 Å². The second kappa shape index (κ2) is 3.55. The van der Waals surface area contributed by atoms with Crippen LogP contribution in [0.4, 0.5) is 0 Å². The van der Waals surface area contributed by atoms with Gasteiger partial charge in [-0.15, -0.1) is 0 Å². The van der Waals surface area contributed by atoms with E-state index in [-0.39, 0.29) is 11.3 Å². The van der Waals surface area contributed by atoms with E-state index in [0.29, 0.717) is 0 Å². The zero-order valence-electron chi connectivity index (χ0n) is 8.13. The van der Waals surface area contributed by atoms with Crippen LogP contribution in [0.15, 0.2) is 0 Å². The molecular formula is C9H20O2. The second-order valence-corrected chi connectivity index (χ2v) is 4.37. The molecule has 0 spiro atoms. The van der Waals surface area contributed by atoms with Gasteiger partial charge >= 0.3 is 0 Å². The van der Waals surface area contributed by atoms with E-state index in [1.807, 2.05) is 20.8 Å². The third-order valence-corrected chi connectivity index (χ3v) is 2.04. The van der Waals surface area contributed by atoms with Crippen LogP contribution in [0.2, 0.25) is 0 Å². The van der Waals surface area contributed by atoms with Gasteiger partial charge in [0.15, 0.2) is 0 Å². The normalized spacial score (nSPS) is 21.0. The Morgan fingerprint density at radius 3 is 1.18 bits per heavy atom. The molecule has 68 valence electrons. The minimum atomic E-state index is -0.449. The van der Waals surface area contributed by atoms with Gasteiger partial charge in [-0.1, -0.05) is 20.8 Å². The van der Waals surface area contributed by atoms with Gasteiger partial charge in [0, 0.05) is 5.92 Å². The minimum absolute atomic E-state index is 0.0394. The predicted octanol–water partition coefficient (Wildman–Crippen LogP) is 1.41. The summed E-state index contributed by atoms with van der Waals surface area (Å²) in [5.41, 5.74) is -0.0394. The van der Waals surface area contributed by atoms with E-state index < -0.39 is 12.2 Å². The van der Waals surface area contributed by atoms with Gasteiger partial charge in [-0.2, -0.15) is 0 Å². The van der Waals surface area contributed by atoms with Crippen LogP contribution in [-0.2, 0) is 0 Å². The Balaban J connectivity index is 4.35. The van der Waals surface area contributed by atoms with Gasteiger partial charge in [0.2, 0.25) is 0 Å². The number of hydrogen-bond acceptors (Lipinski definition) is 2. The van der Waals surface area contributed by atoms with Crippen molar-refractivity contribution in [1.29, 1.82) is 0 Å². The lowest BCUT2D eigenvalue weighted by Crippen LogP contribution is -2.38. The van der Waals surface area contributed by atoms with E-state index in [2.05, 4.69) is 0 Å². The van der Waals surface area contributed by atoms with Crippen LogP contribution in [0.25, 0.3) is 0 Å². The molecule has 0 aliphatic rings. The van der Waals surface area contributed by atoms with Crippen molar-refractivity contribution in [1.82, 2.24) is 0 Å². The molecule has 2 unspecified atom stereocenters. The molecule has 0 bridgehead atoms. The highest BCUT2D eigenvalue weighted by molar-refractivity contribution is 4.81. The van der Waals surface area contributed by atoms with Crippen LogP contribution >= 0.6 is 0 Å². The Kier molecular flexibility index (Phi) is 3.52. The van der Waals surface area contributed by atoms with Gasteiger partial charge in [0.1, 0.15) is 0 Å². The molecule has 0 radical (unpaired) electrons. The first kappa shape index (κ1) is 10.9. The fourth-order valence-corrected chi connectivity index (χ4v) is 1.85. The average molecular weight is 160 g/mol. The van der Waals surface area contributed by atoms with E-state index in [1.165, 1.54) is 0 Å². The lowest BCUT2D eigenvalue weighted by molar-refractivity contribution is -0.0269. The zero-order valence-corrected chi connectivity index (χ0v) is 8.13. The molecular weight excluding hydrogens is 140 g/mol. The van der Waals surface area contributed by atoms with Crippen LogP contribution in [-0.4, -0.2) is 22.4 Å². The molecule has 2 N–H and O–H groups in total. The molecule has 0 aliphatic carbocycles. The molecule has 0 heterocycles. The summed E-state index contributed by atoms with van der Waals surface area (Å²) in [6.07, 6.45) is -0.898. The molecule has 0 aromatic carbocycles. The maximum absolute atomic E-state index is 9.36. The van der Waals surface area contributed by atoms with Crippen LogP contribution in [0.1, 0.15) is 34.6 Å². The average Bonchev–Trinajstić information content (AvgIpc) is 1.54. The highest BCUT2D eigenvalue weighted by Crippen LogP contribution is 2.31. The van der Waals surface area contributed by atoms with Gasteiger partial charge in [-0.25, -0.2) is 0 Å². The smallest absolute Gasteiger partial charge is 0.0569 e. The number of rotatable bonds is 2. The first-order chi connectivity index (χ1) is 4.76. The molecule has 0 aliphatic heterocycles. The Morgan fingerprint density at radius 1 is 0.909 bits per heavy atom. The lowest BCUT2D eigenvalue weighted by Gasteiger charge is -2.35. The molecule has 11 heavy (non-hydrogen) atoms. The fraction of sp³-hybridized carbons (Fsp3) is 1.00. The van der Waals surface area contributed by atoms with Gasteiger partial charge < -0.3 is 10.2 Å².